The van der Waals surface area contributed by atoms with Crippen LogP contribution in [0.2, 0.25) is 0 Å². The van der Waals surface area contributed by atoms with Crippen molar-refractivity contribution in [1.82, 2.24) is 5.32 Å². The molecule has 0 fully saturated rings. The predicted molar refractivity (Wildman–Crippen MR) is 84.6 cm³/mol. The van der Waals surface area contributed by atoms with Gasteiger partial charge in [-0.1, -0.05) is 18.2 Å². The Labute approximate surface area is 128 Å². The van der Waals surface area contributed by atoms with Gasteiger partial charge in [-0.25, -0.2) is 4.79 Å². The third-order valence-corrected chi connectivity index (χ3v) is 3.80. The minimum Gasteiger partial charge on any atom is -0.458 e. The van der Waals surface area contributed by atoms with Crippen molar-refractivity contribution in [3.8, 4) is 0 Å². The van der Waals surface area contributed by atoms with Crippen LogP contribution in [0.15, 0.2) is 29.6 Å². The number of thiophene rings is 1. The van der Waals surface area contributed by atoms with Crippen molar-refractivity contribution < 1.29 is 14.3 Å². The number of nitrogens with one attached hydrogen (secondary N) is 1. The number of amides is 1. The Hall–Kier alpha value is -1.88. The van der Waals surface area contributed by atoms with E-state index in [0.29, 0.717) is 5.56 Å². The van der Waals surface area contributed by atoms with Gasteiger partial charge >= 0.3 is 5.97 Å². The third-order valence-electron chi connectivity index (χ3n) is 2.83. The normalized spacial score (nSPS) is 13.0. The fourth-order valence-electron chi connectivity index (χ4n) is 1.88. The lowest BCUT2D eigenvalue weighted by Gasteiger charge is -2.22. The van der Waals surface area contributed by atoms with Gasteiger partial charge in [-0.3, -0.25) is 4.79 Å². The van der Waals surface area contributed by atoms with E-state index in [2.05, 4.69) is 5.32 Å². The van der Waals surface area contributed by atoms with Gasteiger partial charge in [0, 0.05) is 15.5 Å². The van der Waals surface area contributed by atoms with Crippen LogP contribution in [0.3, 0.4) is 0 Å². The van der Waals surface area contributed by atoms with Gasteiger partial charge in [-0.2, -0.15) is 0 Å². The molecule has 21 heavy (non-hydrogen) atoms. The number of hydrogen-bond donors (Lipinski definition) is 1. The lowest BCUT2D eigenvalue weighted by Crippen LogP contribution is -2.42. The Morgan fingerprint density at radius 3 is 2.57 bits per heavy atom. The van der Waals surface area contributed by atoms with Crippen LogP contribution >= 0.6 is 11.3 Å². The fraction of sp³-hybridized carbons (Fsp3) is 0.375. The topological polar surface area (TPSA) is 55.4 Å². The SMILES string of the molecule is CC(NC(=O)c1csc2ccccc12)C(=O)OC(C)(C)C. The summed E-state index contributed by atoms with van der Waals surface area (Å²) >= 11 is 1.51. The first kappa shape index (κ1) is 15.5. The second-order valence-corrected chi connectivity index (χ2v) is 6.79. The fourth-order valence-corrected chi connectivity index (χ4v) is 2.82. The minimum atomic E-state index is -0.685. The number of fused-ring (bicyclic) bond motifs is 1. The summed E-state index contributed by atoms with van der Waals surface area (Å²) in [7, 11) is 0. The van der Waals surface area contributed by atoms with Gasteiger partial charge < -0.3 is 10.1 Å². The number of benzene rings is 1. The van der Waals surface area contributed by atoms with Crippen molar-refractivity contribution in [3.05, 3.63) is 35.2 Å². The molecule has 5 heteroatoms. The zero-order valence-electron chi connectivity index (χ0n) is 12.6. The van der Waals surface area contributed by atoms with E-state index < -0.39 is 17.6 Å². The van der Waals surface area contributed by atoms with E-state index in [1.54, 1.807) is 27.7 Å². The molecule has 1 aromatic heterocycles. The second kappa shape index (κ2) is 5.85. The number of rotatable bonds is 3. The Kier molecular flexibility index (Phi) is 4.32. The second-order valence-electron chi connectivity index (χ2n) is 5.87. The highest BCUT2D eigenvalue weighted by Crippen LogP contribution is 2.25. The predicted octanol–water partition coefficient (Wildman–Crippen LogP) is 3.36. The molecule has 0 saturated heterocycles. The van der Waals surface area contributed by atoms with Crippen molar-refractivity contribution in [2.75, 3.05) is 0 Å². The van der Waals surface area contributed by atoms with Crippen LogP contribution in [0.1, 0.15) is 38.1 Å². The summed E-state index contributed by atoms with van der Waals surface area (Å²) in [6.45, 7) is 7.02. The maximum absolute atomic E-state index is 12.3. The van der Waals surface area contributed by atoms with E-state index in [0.717, 1.165) is 10.1 Å². The first-order valence-electron chi connectivity index (χ1n) is 6.78. The molecular formula is C16H19NO3S. The monoisotopic (exact) mass is 305 g/mol. The van der Waals surface area contributed by atoms with Crippen LogP contribution in [0.25, 0.3) is 10.1 Å². The van der Waals surface area contributed by atoms with Gasteiger partial charge in [0.05, 0.1) is 5.56 Å². The van der Waals surface area contributed by atoms with Crippen molar-refractivity contribution in [2.24, 2.45) is 0 Å². The quantitative estimate of drug-likeness (QED) is 0.885. The van der Waals surface area contributed by atoms with Gasteiger partial charge in [0.2, 0.25) is 0 Å². The first-order valence-corrected chi connectivity index (χ1v) is 7.66. The van der Waals surface area contributed by atoms with E-state index in [1.807, 2.05) is 29.6 Å². The van der Waals surface area contributed by atoms with Crippen LogP contribution in [0.5, 0.6) is 0 Å². The number of hydrogen-bond acceptors (Lipinski definition) is 4. The molecule has 1 amide bonds. The van der Waals surface area contributed by atoms with Crippen LogP contribution in [0.4, 0.5) is 0 Å². The Balaban J connectivity index is 2.09. The zero-order chi connectivity index (χ0) is 15.6. The van der Waals surface area contributed by atoms with E-state index in [1.165, 1.54) is 11.3 Å². The highest BCUT2D eigenvalue weighted by molar-refractivity contribution is 7.17. The van der Waals surface area contributed by atoms with Crippen LogP contribution in [0, 0.1) is 0 Å². The molecular weight excluding hydrogens is 286 g/mol. The standard InChI is InChI=1S/C16H19NO3S/c1-10(15(19)20-16(2,3)4)17-14(18)12-9-21-13-8-6-5-7-11(12)13/h5-10H,1-4H3,(H,17,18). The lowest BCUT2D eigenvalue weighted by molar-refractivity contribution is -0.156. The smallest absolute Gasteiger partial charge is 0.328 e. The van der Waals surface area contributed by atoms with Gasteiger partial charge in [0.15, 0.2) is 0 Å². The first-order chi connectivity index (χ1) is 9.78. The molecule has 2 rings (SSSR count). The molecule has 1 N–H and O–H groups in total. The average Bonchev–Trinajstić information content (AvgIpc) is 2.80. The molecule has 0 radical (unpaired) electrons. The number of carbonyl (C=O) groups is 2. The largest absolute Gasteiger partial charge is 0.458 e. The van der Waals surface area contributed by atoms with Crippen molar-refractivity contribution in [1.29, 1.82) is 0 Å². The summed E-state index contributed by atoms with van der Waals surface area (Å²) < 4.78 is 6.30. The van der Waals surface area contributed by atoms with Gasteiger partial charge in [0.1, 0.15) is 11.6 Å². The minimum absolute atomic E-state index is 0.259. The zero-order valence-corrected chi connectivity index (χ0v) is 13.4. The third kappa shape index (κ3) is 3.82. The van der Waals surface area contributed by atoms with Gasteiger partial charge in [-0.15, -0.1) is 11.3 Å². The summed E-state index contributed by atoms with van der Waals surface area (Å²) in [6, 6.07) is 7.01. The van der Waals surface area contributed by atoms with E-state index in [9.17, 15) is 9.59 Å². The van der Waals surface area contributed by atoms with Crippen LogP contribution in [-0.4, -0.2) is 23.5 Å². The number of carbonyl (C=O) groups excluding carboxylic acids is 2. The molecule has 0 aliphatic carbocycles. The highest BCUT2D eigenvalue weighted by Gasteiger charge is 2.24. The molecule has 1 atom stereocenters. The molecule has 0 aliphatic heterocycles. The lowest BCUT2D eigenvalue weighted by atomic mass is 10.1. The molecule has 4 nitrogen and oxygen atoms in total. The summed E-state index contributed by atoms with van der Waals surface area (Å²) in [6.07, 6.45) is 0. The Morgan fingerprint density at radius 1 is 1.24 bits per heavy atom. The molecule has 112 valence electrons. The average molecular weight is 305 g/mol. The van der Waals surface area contributed by atoms with Crippen molar-refractivity contribution in [2.45, 2.75) is 39.3 Å². The van der Waals surface area contributed by atoms with Gasteiger partial charge in [-0.05, 0) is 33.8 Å². The molecule has 1 unspecified atom stereocenters. The molecule has 0 saturated carbocycles. The highest BCUT2D eigenvalue weighted by atomic mass is 32.1. The molecule has 0 aliphatic rings. The van der Waals surface area contributed by atoms with Crippen LogP contribution in [-0.2, 0) is 9.53 Å². The van der Waals surface area contributed by atoms with Crippen molar-refractivity contribution >= 4 is 33.3 Å². The van der Waals surface area contributed by atoms with Gasteiger partial charge in [0.25, 0.3) is 5.91 Å². The van der Waals surface area contributed by atoms with E-state index in [4.69, 9.17) is 4.74 Å². The summed E-state index contributed by atoms with van der Waals surface area (Å²) in [4.78, 5) is 24.2. The number of esters is 1. The maximum Gasteiger partial charge on any atom is 0.328 e. The van der Waals surface area contributed by atoms with Crippen LogP contribution < -0.4 is 5.32 Å². The molecule has 0 bridgehead atoms. The maximum atomic E-state index is 12.3. The summed E-state index contributed by atoms with van der Waals surface area (Å²) in [5, 5.41) is 5.40. The van der Waals surface area contributed by atoms with E-state index >= 15 is 0 Å². The molecule has 2 aromatic rings. The molecule has 0 spiro atoms. The molecule has 1 heterocycles. The molecule has 1 aromatic carbocycles. The summed E-state index contributed by atoms with van der Waals surface area (Å²) in [5.41, 5.74) is 0.0246. The van der Waals surface area contributed by atoms with E-state index in [-0.39, 0.29) is 5.91 Å². The summed E-state index contributed by atoms with van der Waals surface area (Å²) in [5.74, 6) is -0.693. The van der Waals surface area contributed by atoms with Crippen molar-refractivity contribution in [3.63, 3.8) is 0 Å². The Morgan fingerprint density at radius 2 is 1.90 bits per heavy atom. The number of ether oxygens (including phenoxy) is 1. The Bertz CT molecular complexity index is 669.